The average molecular weight is 397 g/mol. The van der Waals surface area contributed by atoms with Gasteiger partial charge in [0.1, 0.15) is 10.8 Å². The van der Waals surface area contributed by atoms with Gasteiger partial charge in [-0.1, -0.05) is 41.9 Å². The Morgan fingerprint density at radius 2 is 1.96 bits per heavy atom. The van der Waals surface area contributed by atoms with Crippen molar-refractivity contribution in [1.82, 2.24) is 14.8 Å². The van der Waals surface area contributed by atoms with E-state index in [0.717, 1.165) is 22.0 Å². The van der Waals surface area contributed by atoms with Crippen LogP contribution < -0.4 is 5.32 Å². The number of carbonyl (C=O) groups excluding carboxylic acids is 1. The Morgan fingerprint density at radius 3 is 2.79 bits per heavy atom. The van der Waals surface area contributed by atoms with Crippen LogP contribution >= 0.6 is 11.6 Å². The number of hydrogen-bond donors (Lipinski definition) is 2. The molecule has 0 spiro atoms. The molecule has 4 rings (SSSR count). The van der Waals surface area contributed by atoms with Gasteiger partial charge in [0.05, 0.1) is 6.54 Å². The summed E-state index contributed by atoms with van der Waals surface area (Å²) >= 11 is 6.20. The lowest BCUT2D eigenvalue weighted by Crippen LogP contribution is -2.13. The van der Waals surface area contributed by atoms with Crippen molar-refractivity contribution in [2.24, 2.45) is 0 Å². The van der Waals surface area contributed by atoms with Gasteiger partial charge in [-0.3, -0.25) is 9.48 Å². The van der Waals surface area contributed by atoms with Gasteiger partial charge in [-0.05, 0) is 35.7 Å². The summed E-state index contributed by atoms with van der Waals surface area (Å²) in [6, 6.07) is 14.2. The van der Waals surface area contributed by atoms with Crippen molar-refractivity contribution in [2.45, 2.75) is 19.4 Å². The maximum atomic E-state index is 13.0. The highest BCUT2D eigenvalue weighted by molar-refractivity contribution is 6.33. The fourth-order valence-corrected chi connectivity index (χ4v) is 3.32. The quantitative estimate of drug-likeness (QED) is 0.492. The largest absolute Gasteiger partial charge is 0.361 e. The number of carbonyl (C=O) groups is 1. The summed E-state index contributed by atoms with van der Waals surface area (Å²) in [6.45, 7) is 0.436. The Hall–Kier alpha value is -3.12. The van der Waals surface area contributed by atoms with E-state index in [1.807, 2.05) is 30.5 Å². The predicted molar refractivity (Wildman–Crippen MR) is 108 cm³/mol. The van der Waals surface area contributed by atoms with Crippen molar-refractivity contribution in [1.29, 1.82) is 0 Å². The normalized spacial score (nSPS) is 11.1. The van der Waals surface area contributed by atoms with Crippen molar-refractivity contribution < 1.29 is 9.18 Å². The second-order valence-electron chi connectivity index (χ2n) is 6.56. The molecule has 0 fully saturated rings. The van der Waals surface area contributed by atoms with Crippen molar-refractivity contribution in [3.8, 4) is 0 Å². The van der Waals surface area contributed by atoms with E-state index in [2.05, 4.69) is 15.4 Å². The van der Waals surface area contributed by atoms with Gasteiger partial charge in [-0.15, -0.1) is 0 Å². The van der Waals surface area contributed by atoms with Crippen LogP contribution in [0.25, 0.3) is 10.9 Å². The number of hydrogen-bond acceptors (Lipinski definition) is 2. The zero-order valence-electron chi connectivity index (χ0n) is 15.0. The van der Waals surface area contributed by atoms with Crippen LogP contribution in [0.1, 0.15) is 17.5 Å². The van der Waals surface area contributed by atoms with Gasteiger partial charge >= 0.3 is 0 Å². The molecule has 0 aliphatic rings. The molecule has 2 aromatic carbocycles. The standard InChI is InChI=1S/C21H18ClFN4O/c22-18-13-27(12-14-5-8-16(23)9-6-14)26-21(18)25-20(28)10-7-15-11-24-19-4-2-1-3-17(15)19/h1-6,8-9,11,13,24H,7,10,12H2,(H,25,26,28). The number of halogens is 2. The maximum Gasteiger partial charge on any atom is 0.225 e. The molecule has 0 aliphatic heterocycles. The van der Waals surface area contributed by atoms with E-state index in [-0.39, 0.29) is 11.7 Å². The molecule has 0 aliphatic carbocycles. The summed E-state index contributed by atoms with van der Waals surface area (Å²) in [6.07, 6.45) is 4.51. The van der Waals surface area contributed by atoms with Gasteiger partial charge in [0.2, 0.25) is 5.91 Å². The number of nitrogens with zero attached hydrogens (tertiary/aromatic N) is 2. The van der Waals surface area contributed by atoms with E-state index < -0.39 is 0 Å². The molecule has 0 saturated carbocycles. The number of nitrogens with one attached hydrogen (secondary N) is 2. The minimum Gasteiger partial charge on any atom is -0.361 e. The Balaban J connectivity index is 1.37. The molecule has 4 aromatic rings. The number of aromatic nitrogens is 3. The number of aromatic amines is 1. The molecule has 0 bridgehead atoms. The molecule has 1 amide bonds. The highest BCUT2D eigenvalue weighted by atomic mass is 35.5. The first-order chi connectivity index (χ1) is 13.6. The van der Waals surface area contributed by atoms with Gasteiger partial charge < -0.3 is 10.3 Å². The fourth-order valence-electron chi connectivity index (χ4n) is 3.12. The molecule has 2 aromatic heterocycles. The van der Waals surface area contributed by atoms with Gasteiger partial charge in [0, 0.05) is 29.7 Å². The first-order valence-electron chi connectivity index (χ1n) is 8.91. The van der Waals surface area contributed by atoms with Crippen molar-refractivity contribution >= 4 is 34.2 Å². The summed E-state index contributed by atoms with van der Waals surface area (Å²) in [5.41, 5.74) is 3.04. The molecule has 2 N–H and O–H groups in total. The third-order valence-corrected chi connectivity index (χ3v) is 4.81. The van der Waals surface area contributed by atoms with Crippen LogP contribution in [0.2, 0.25) is 5.02 Å². The second-order valence-corrected chi connectivity index (χ2v) is 6.96. The summed E-state index contributed by atoms with van der Waals surface area (Å²) in [5.74, 6) is -0.114. The zero-order chi connectivity index (χ0) is 19.5. The van der Waals surface area contributed by atoms with E-state index in [4.69, 9.17) is 11.6 Å². The molecule has 5 nitrogen and oxygen atoms in total. The van der Waals surface area contributed by atoms with Crippen molar-refractivity contribution in [3.63, 3.8) is 0 Å². The smallest absolute Gasteiger partial charge is 0.225 e. The average Bonchev–Trinajstić information content (AvgIpc) is 3.25. The monoisotopic (exact) mass is 396 g/mol. The molecule has 0 atom stereocenters. The maximum absolute atomic E-state index is 13.0. The van der Waals surface area contributed by atoms with Gasteiger partial charge in [-0.2, -0.15) is 5.10 Å². The number of benzene rings is 2. The van der Waals surface area contributed by atoms with E-state index in [1.54, 1.807) is 23.0 Å². The Kier molecular flexibility index (Phi) is 5.12. The van der Waals surface area contributed by atoms with Crippen LogP contribution in [0.5, 0.6) is 0 Å². The molecule has 7 heteroatoms. The molecule has 142 valence electrons. The Morgan fingerprint density at radius 1 is 1.18 bits per heavy atom. The van der Waals surface area contributed by atoms with Crippen LogP contribution in [0.4, 0.5) is 10.2 Å². The van der Waals surface area contributed by atoms with Crippen LogP contribution in [-0.4, -0.2) is 20.7 Å². The highest BCUT2D eigenvalue weighted by Crippen LogP contribution is 2.22. The van der Waals surface area contributed by atoms with Gasteiger partial charge in [0.25, 0.3) is 0 Å². The molecule has 0 saturated heterocycles. The number of rotatable bonds is 6. The number of anilines is 1. The summed E-state index contributed by atoms with van der Waals surface area (Å²) in [4.78, 5) is 15.5. The highest BCUT2D eigenvalue weighted by Gasteiger charge is 2.12. The number of amides is 1. The lowest BCUT2D eigenvalue weighted by Gasteiger charge is -2.03. The molecular weight excluding hydrogens is 379 g/mol. The van der Waals surface area contributed by atoms with Gasteiger partial charge in [-0.25, -0.2) is 4.39 Å². The van der Waals surface area contributed by atoms with Crippen LogP contribution in [0, 0.1) is 5.82 Å². The number of H-pyrrole nitrogens is 1. The topological polar surface area (TPSA) is 62.7 Å². The first-order valence-corrected chi connectivity index (χ1v) is 9.28. The fraction of sp³-hybridized carbons (Fsp3) is 0.143. The third kappa shape index (κ3) is 4.07. The van der Waals surface area contributed by atoms with Gasteiger partial charge in [0.15, 0.2) is 5.82 Å². The minimum atomic E-state index is -0.287. The van der Waals surface area contributed by atoms with Crippen LogP contribution in [0.3, 0.4) is 0 Å². The first kappa shape index (κ1) is 18.3. The predicted octanol–water partition coefficient (Wildman–Crippen LogP) is 4.78. The summed E-state index contributed by atoms with van der Waals surface area (Å²) < 4.78 is 14.6. The molecule has 28 heavy (non-hydrogen) atoms. The Labute approximate surface area is 166 Å². The summed E-state index contributed by atoms with van der Waals surface area (Å²) in [7, 11) is 0. The minimum absolute atomic E-state index is 0.154. The van der Waals surface area contributed by atoms with E-state index in [9.17, 15) is 9.18 Å². The third-order valence-electron chi connectivity index (χ3n) is 4.53. The van der Waals surface area contributed by atoms with E-state index in [1.165, 1.54) is 12.1 Å². The number of aryl methyl sites for hydroxylation is 1. The SMILES string of the molecule is O=C(CCc1c[nH]c2ccccc12)Nc1nn(Cc2ccc(F)cc2)cc1Cl. The number of fused-ring (bicyclic) bond motifs is 1. The van der Waals surface area contributed by atoms with E-state index >= 15 is 0 Å². The van der Waals surface area contributed by atoms with Crippen molar-refractivity contribution in [3.05, 3.63) is 82.9 Å². The summed E-state index contributed by atoms with van der Waals surface area (Å²) in [5, 5.41) is 8.56. The van der Waals surface area contributed by atoms with Crippen molar-refractivity contribution in [2.75, 3.05) is 5.32 Å². The lowest BCUT2D eigenvalue weighted by atomic mass is 10.1. The molecule has 2 heterocycles. The van der Waals surface area contributed by atoms with Crippen LogP contribution in [-0.2, 0) is 17.8 Å². The second kappa shape index (κ2) is 7.86. The zero-order valence-corrected chi connectivity index (χ0v) is 15.7. The molecular formula is C21H18ClFN4O. The lowest BCUT2D eigenvalue weighted by molar-refractivity contribution is -0.116. The number of para-hydroxylation sites is 1. The molecule has 0 radical (unpaired) electrons. The van der Waals surface area contributed by atoms with Crippen LogP contribution in [0.15, 0.2) is 60.9 Å². The Bertz CT molecular complexity index is 1120. The molecule has 0 unspecified atom stereocenters. The van der Waals surface area contributed by atoms with E-state index in [0.29, 0.717) is 30.2 Å².